The van der Waals surface area contributed by atoms with Crippen molar-refractivity contribution in [3.8, 4) is 23.0 Å². The molecule has 7 nitrogen and oxygen atoms in total. The lowest BCUT2D eigenvalue weighted by molar-refractivity contribution is 0.00322. The van der Waals surface area contributed by atoms with Crippen LogP contribution in [0, 0.1) is 0 Å². The molecule has 1 aliphatic heterocycles. The maximum absolute atomic E-state index is 12.7. The number of carbonyl (C=O) groups excluding carboxylic acids is 1. The van der Waals surface area contributed by atoms with E-state index in [2.05, 4.69) is 21.2 Å². The Morgan fingerprint density at radius 3 is 2.60 bits per heavy atom. The Morgan fingerprint density at radius 1 is 1.00 bits per heavy atom. The van der Waals surface area contributed by atoms with Crippen molar-refractivity contribution in [2.75, 3.05) is 27.9 Å². The first kappa shape index (κ1) is 24.7. The Kier molecular flexibility index (Phi) is 8.02. The number of ether oxygens (including phenoxy) is 5. The first-order valence-electron chi connectivity index (χ1n) is 11.2. The lowest BCUT2D eigenvalue weighted by Crippen LogP contribution is -2.38. The van der Waals surface area contributed by atoms with Crippen LogP contribution in [0.5, 0.6) is 23.0 Å². The Bertz CT molecular complexity index is 1180. The van der Waals surface area contributed by atoms with Crippen LogP contribution in [0.1, 0.15) is 22.8 Å². The number of alkyl carbamates (subject to hydrolysis) is 1. The van der Waals surface area contributed by atoms with Gasteiger partial charge in [0.05, 0.1) is 21.3 Å². The number of carbonyl (C=O) groups is 1. The fraction of sp³-hybridized carbons (Fsp3) is 0.296. The van der Waals surface area contributed by atoms with Gasteiger partial charge in [-0.1, -0.05) is 34.1 Å². The predicted molar refractivity (Wildman–Crippen MR) is 136 cm³/mol. The number of fused-ring (bicyclic) bond motifs is 1. The van der Waals surface area contributed by atoms with E-state index < -0.39 is 18.3 Å². The smallest absolute Gasteiger partial charge is 0.407 e. The van der Waals surface area contributed by atoms with Crippen LogP contribution in [0.15, 0.2) is 65.1 Å². The van der Waals surface area contributed by atoms with Gasteiger partial charge >= 0.3 is 6.09 Å². The van der Waals surface area contributed by atoms with E-state index >= 15 is 0 Å². The minimum Gasteiger partial charge on any atom is -0.497 e. The number of amides is 1. The van der Waals surface area contributed by atoms with Gasteiger partial charge in [0.25, 0.3) is 0 Å². The van der Waals surface area contributed by atoms with E-state index in [1.165, 1.54) is 0 Å². The molecule has 3 aromatic carbocycles. The van der Waals surface area contributed by atoms with E-state index in [4.69, 9.17) is 23.7 Å². The lowest BCUT2D eigenvalue weighted by atomic mass is 9.94. The molecule has 1 N–H and O–H groups in total. The van der Waals surface area contributed by atoms with Gasteiger partial charge in [0.15, 0.2) is 17.6 Å². The second kappa shape index (κ2) is 11.4. The van der Waals surface area contributed by atoms with Gasteiger partial charge in [-0.05, 0) is 65.6 Å². The predicted octanol–water partition coefficient (Wildman–Crippen LogP) is 5.49. The molecule has 1 heterocycles. The van der Waals surface area contributed by atoms with Crippen molar-refractivity contribution in [3.63, 3.8) is 0 Å². The molecule has 184 valence electrons. The number of hydrogen-bond donors (Lipinski definition) is 1. The molecule has 0 saturated heterocycles. The van der Waals surface area contributed by atoms with Gasteiger partial charge in [-0.2, -0.15) is 0 Å². The summed E-state index contributed by atoms with van der Waals surface area (Å²) >= 11 is 3.51. The minimum atomic E-state index is -0.509. The van der Waals surface area contributed by atoms with Crippen LogP contribution in [0.3, 0.4) is 0 Å². The average Bonchev–Trinajstić information content (AvgIpc) is 2.88. The van der Waals surface area contributed by atoms with Crippen LogP contribution in [0.2, 0.25) is 0 Å². The highest BCUT2D eigenvalue weighted by Crippen LogP contribution is 2.38. The van der Waals surface area contributed by atoms with Crippen molar-refractivity contribution in [2.24, 2.45) is 0 Å². The molecular weight excluding hydrogens is 514 g/mol. The first-order valence-corrected chi connectivity index (χ1v) is 12.0. The Morgan fingerprint density at radius 2 is 1.83 bits per heavy atom. The molecule has 0 bridgehead atoms. The largest absolute Gasteiger partial charge is 0.497 e. The monoisotopic (exact) mass is 541 g/mol. The zero-order valence-electron chi connectivity index (χ0n) is 19.9. The first-order chi connectivity index (χ1) is 17.0. The van der Waals surface area contributed by atoms with Crippen molar-refractivity contribution in [2.45, 2.75) is 25.0 Å². The summed E-state index contributed by atoms with van der Waals surface area (Å²) in [4.78, 5) is 12.7. The molecule has 2 atom stereocenters. The fourth-order valence-corrected chi connectivity index (χ4v) is 4.50. The van der Waals surface area contributed by atoms with Gasteiger partial charge in [0, 0.05) is 17.4 Å². The van der Waals surface area contributed by atoms with E-state index in [0.29, 0.717) is 36.6 Å². The molecule has 3 aromatic rings. The lowest BCUT2D eigenvalue weighted by Gasteiger charge is -2.33. The van der Waals surface area contributed by atoms with Crippen molar-refractivity contribution in [3.05, 3.63) is 81.8 Å². The summed E-state index contributed by atoms with van der Waals surface area (Å²) in [6.07, 6.45) is -0.323. The van der Waals surface area contributed by atoms with Gasteiger partial charge < -0.3 is 29.0 Å². The molecule has 0 aliphatic carbocycles. The van der Waals surface area contributed by atoms with Crippen LogP contribution in [0.4, 0.5) is 4.79 Å². The molecule has 0 aromatic heterocycles. The molecule has 0 fully saturated rings. The Labute approximate surface area is 213 Å². The summed E-state index contributed by atoms with van der Waals surface area (Å²) in [5.74, 6) is 2.80. The van der Waals surface area contributed by atoms with Gasteiger partial charge in [0.1, 0.15) is 17.6 Å². The Balaban J connectivity index is 1.44. The topological polar surface area (TPSA) is 75.3 Å². The van der Waals surface area contributed by atoms with Gasteiger partial charge in [-0.25, -0.2) is 4.79 Å². The maximum Gasteiger partial charge on any atom is 0.407 e. The Hall–Kier alpha value is -3.39. The molecule has 35 heavy (non-hydrogen) atoms. The van der Waals surface area contributed by atoms with Gasteiger partial charge in [-0.3, -0.25) is 0 Å². The number of benzene rings is 3. The molecule has 0 unspecified atom stereocenters. The van der Waals surface area contributed by atoms with Crippen molar-refractivity contribution < 1.29 is 28.5 Å². The quantitative estimate of drug-likeness (QED) is 0.406. The number of hydrogen-bond acceptors (Lipinski definition) is 6. The highest BCUT2D eigenvalue weighted by atomic mass is 79.9. The third-order valence-electron chi connectivity index (χ3n) is 5.85. The van der Waals surface area contributed by atoms with Crippen LogP contribution < -0.4 is 24.3 Å². The van der Waals surface area contributed by atoms with E-state index in [-0.39, 0.29) is 0 Å². The third-order valence-corrected chi connectivity index (χ3v) is 6.34. The maximum atomic E-state index is 12.7. The SMILES string of the molecule is COc1cccc([C@@H]2Oc3ccc(Br)cc3C[C@H]2OC(=O)NCCc2ccc(OC)c(OC)c2)c1. The van der Waals surface area contributed by atoms with E-state index in [9.17, 15) is 4.79 Å². The normalized spacial score (nSPS) is 16.5. The standard InChI is InChI=1S/C27H28BrNO6/c1-31-21-6-4-5-18(15-21)26-25(16-19-14-20(28)8-10-22(19)34-26)35-27(30)29-12-11-17-7-9-23(32-2)24(13-17)33-3/h4-10,13-15,25-26H,11-12,16H2,1-3H3,(H,29,30)/t25-,26+/m1/s1. The zero-order chi connectivity index (χ0) is 24.8. The summed E-state index contributed by atoms with van der Waals surface area (Å²) < 4.78 is 29.1. The summed E-state index contributed by atoms with van der Waals surface area (Å²) in [6, 6.07) is 19.1. The zero-order valence-corrected chi connectivity index (χ0v) is 21.5. The highest BCUT2D eigenvalue weighted by Gasteiger charge is 2.34. The number of rotatable bonds is 8. The van der Waals surface area contributed by atoms with Gasteiger partial charge in [-0.15, -0.1) is 0 Å². The van der Waals surface area contributed by atoms with Crippen LogP contribution in [-0.4, -0.2) is 40.1 Å². The average molecular weight is 542 g/mol. The number of methoxy groups -OCH3 is 3. The van der Waals surface area contributed by atoms with Crippen molar-refractivity contribution >= 4 is 22.0 Å². The molecular formula is C27H28BrNO6. The van der Waals surface area contributed by atoms with E-state index in [1.54, 1.807) is 21.3 Å². The van der Waals surface area contributed by atoms with Crippen molar-refractivity contribution in [1.29, 1.82) is 0 Å². The second-order valence-electron chi connectivity index (χ2n) is 8.08. The molecule has 1 amide bonds. The molecule has 0 saturated carbocycles. The summed E-state index contributed by atoms with van der Waals surface area (Å²) in [5.41, 5.74) is 2.86. The molecule has 0 radical (unpaired) electrons. The molecule has 8 heteroatoms. The molecule has 1 aliphatic rings. The van der Waals surface area contributed by atoms with Gasteiger partial charge in [0.2, 0.25) is 0 Å². The minimum absolute atomic E-state index is 0.411. The van der Waals surface area contributed by atoms with Crippen LogP contribution in [0.25, 0.3) is 0 Å². The summed E-state index contributed by atoms with van der Waals surface area (Å²) in [6.45, 7) is 0.411. The molecule has 4 rings (SSSR count). The second-order valence-corrected chi connectivity index (χ2v) is 9.00. The van der Waals surface area contributed by atoms with Crippen molar-refractivity contribution in [1.82, 2.24) is 5.32 Å². The highest BCUT2D eigenvalue weighted by molar-refractivity contribution is 9.10. The van der Waals surface area contributed by atoms with E-state index in [0.717, 1.165) is 26.9 Å². The number of nitrogens with one attached hydrogen (secondary N) is 1. The van der Waals surface area contributed by atoms with Crippen LogP contribution >= 0.6 is 15.9 Å². The van der Waals surface area contributed by atoms with E-state index in [1.807, 2.05) is 60.7 Å². The summed E-state index contributed by atoms with van der Waals surface area (Å²) in [7, 11) is 4.81. The summed E-state index contributed by atoms with van der Waals surface area (Å²) in [5, 5.41) is 2.85. The number of halogens is 1. The van der Waals surface area contributed by atoms with Crippen LogP contribution in [-0.2, 0) is 17.6 Å². The molecule has 0 spiro atoms. The fourth-order valence-electron chi connectivity index (χ4n) is 4.09. The third kappa shape index (κ3) is 6.00.